The number of benzene rings is 1. The lowest BCUT2D eigenvalue weighted by Gasteiger charge is -2.19. The fourth-order valence-electron chi connectivity index (χ4n) is 2.12. The lowest BCUT2D eigenvalue weighted by Crippen LogP contribution is -2.08. The van der Waals surface area contributed by atoms with E-state index in [9.17, 15) is 10.1 Å². The van der Waals surface area contributed by atoms with Crippen molar-refractivity contribution in [3.8, 4) is 11.5 Å². The number of hydrogen-bond donors (Lipinski definition) is 0. The average Bonchev–Trinajstić information content (AvgIpc) is 2.45. The Morgan fingerprint density at radius 2 is 1.77 bits per heavy atom. The highest BCUT2D eigenvalue weighted by atomic mass is 16.6. The van der Waals surface area contributed by atoms with Gasteiger partial charge in [0, 0.05) is 5.56 Å². The SMILES string of the molecule is COc1cc(C(C)C(C)C)c([N+](=O)[O-])cc1OCCC(C)C. The van der Waals surface area contributed by atoms with E-state index in [4.69, 9.17) is 9.47 Å². The summed E-state index contributed by atoms with van der Waals surface area (Å²) in [5, 5.41) is 11.4. The molecule has 0 fully saturated rings. The molecular formula is C17H27NO4. The zero-order valence-corrected chi connectivity index (χ0v) is 14.4. The van der Waals surface area contributed by atoms with E-state index in [0.717, 1.165) is 6.42 Å². The second-order valence-electron chi connectivity index (χ2n) is 6.38. The van der Waals surface area contributed by atoms with Gasteiger partial charge in [-0.25, -0.2) is 0 Å². The van der Waals surface area contributed by atoms with Gasteiger partial charge < -0.3 is 9.47 Å². The van der Waals surface area contributed by atoms with Crippen molar-refractivity contribution in [2.45, 2.75) is 47.0 Å². The van der Waals surface area contributed by atoms with Crippen molar-refractivity contribution in [1.29, 1.82) is 0 Å². The minimum Gasteiger partial charge on any atom is -0.493 e. The monoisotopic (exact) mass is 309 g/mol. The molecule has 1 unspecified atom stereocenters. The standard InChI is InChI=1S/C17H27NO4/c1-11(2)7-8-22-17-10-15(18(19)20)14(9-16(17)21-6)13(5)12(3)4/h9-13H,7-8H2,1-6H3. The topological polar surface area (TPSA) is 61.6 Å². The molecule has 0 aliphatic carbocycles. The van der Waals surface area contributed by atoms with E-state index in [1.54, 1.807) is 13.2 Å². The summed E-state index contributed by atoms with van der Waals surface area (Å²) in [5.74, 6) is 1.88. The smallest absolute Gasteiger partial charge is 0.276 e. The molecule has 1 aromatic rings. The van der Waals surface area contributed by atoms with Gasteiger partial charge >= 0.3 is 0 Å². The van der Waals surface area contributed by atoms with Gasteiger partial charge in [-0.05, 0) is 30.2 Å². The van der Waals surface area contributed by atoms with Crippen LogP contribution in [0.3, 0.4) is 0 Å². The Labute approximate surface area is 132 Å². The number of methoxy groups -OCH3 is 1. The van der Waals surface area contributed by atoms with Gasteiger partial charge in [0.25, 0.3) is 5.69 Å². The maximum atomic E-state index is 11.4. The van der Waals surface area contributed by atoms with Gasteiger partial charge in [-0.15, -0.1) is 0 Å². The van der Waals surface area contributed by atoms with Gasteiger partial charge in [0.1, 0.15) is 0 Å². The van der Waals surface area contributed by atoms with E-state index in [0.29, 0.717) is 35.5 Å². The van der Waals surface area contributed by atoms with Crippen LogP contribution in [0.5, 0.6) is 11.5 Å². The van der Waals surface area contributed by atoms with Crippen molar-refractivity contribution in [1.82, 2.24) is 0 Å². The molecule has 1 atom stereocenters. The normalized spacial score (nSPS) is 12.5. The van der Waals surface area contributed by atoms with Gasteiger partial charge in [0.15, 0.2) is 11.5 Å². The molecule has 5 nitrogen and oxygen atoms in total. The summed E-state index contributed by atoms with van der Waals surface area (Å²) in [6, 6.07) is 3.24. The highest BCUT2D eigenvalue weighted by molar-refractivity contribution is 5.55. The maximum Gasteiger partial charge on any atom is 0.276 e. The fourth-order valence-corrected chi connectivity index (χ4v) is 2.12. The van der Waals surface area contributed by atoms with Crippen LogP contribution in [-0.2, 0) is 0 Å². The summed E-state index contributed by atoms with van der Waals surface area (Å²) >= 11 is 0. The van der Waals surface area contributed by atoms with E-state index in [2.05, 4.69) is 13.8 Å². The minimum atomic E-state index is -0.344. The highest BCUT2D eigenvalue weighted by Crippen LogP contribution is 2.40. The molecule has 0 radical (unpaired) electrons. The molecule has 0 bridgehead atoms. The molecule has 0 aliphatic rings. The van der Waals surface area contributed by atoms with E-state index in [-0.39, 0.29) is 16.5 Å². The third kappa shape index (κ3) is 4.61. The molecule has 5 heteroatoms. The van der Waals surface area contributed by atoms with E-state index >= 15 is 0 Å². The van der Waals surface area contributed by atoms with Crippen LogP contribution in [0.1, 0.15) is 52.5 Å². The number of ether oxygens (including phenoxy) is 2. The average molecular weight is 309 g/mol. The molecule has 0 aromatic heterocycles. The molecule has 0 aliphatic heterocycles. The lowest BCUT2D eigenvalue weighted by molar-refractivity contribution is -0.385. The predicted octanol–water partition coefficient (Wildman–Crippen LogP) is 4.79. The van der Waals surface area contributed by atoms with E-state index < -0.39 is 0 Å². The number of hydrogen-bond acceptors (Lipinski definition) is 4. The molecular weight excluding hydrogens is 282 g/mol. The first kappa shape index (κ1) is 18.3. The van der Waals surface area contributed by atoms with Gasteiger partial charge in [-0.1, -0.05) is 34.6 Å². The Balaban J connectivity index is 3.19. The quantitative estimate of drug-likeness (QED) is 0.512. The first-order chi connectivity index (χ1) is 10.3. The van der Waals surface area contributed by atoms with Crippen LogP contribution in [0.2, 0.25) is 0 Å². The van der Waals surface area contributed by atoms with Crippen LogP contribution < -0.4 is 9.47 Å². The summed E-state index contributed by atoms with van der Waals surface area (Å²) in [7, 11) is 1.56. The summed E-state index contributed by atoms with van der Waals surface area (Å²) in [5.41, 5.74) is 0.787. The Morgan fingerprint density at radius 3 is 2.23 bits per heavy atom. The minimum absolute atomic E-state index is 0.0685. The van der Waals surface area contributed by atoms with Crippen molar-refractivity contribution >= 4 is 5.69 Å². The van der Waals surface area contributed by atoms with Crippen molar-refractivity contribution in [3.05, 3.63) is 27.8 Å². The van der Waals surface area contributed by atoms with Crippen LogP contribution in [0.25, 0.3) is 0 Å². The Hall–Kier alpha value is -1.78. The van der Waals surface area contributed by atoms with E-state index in [1.165, 1.54) is 6.07 Å². The largest absolute Gasteiger partial charge is 0.493 e. The highest BCUT2D eigenvalue weighted by Gasteiger charge is 2.25. The lowest BCUT2D eigenvalue weighted by atomic mass is 9.89. The Morgan fingerprint density at radius 1 is 1.14 bits per heavy atom. The van der Waals surface area contributed by atoms with Gasteiger partial charge in [-0.2, -0.15) is 0 Å². The number of nitro groups is 1. The summed E-state index contributed by atoms with van der Waals surface area (Å²) in [6.07, 6.45) is 0.890. The van der Waals surface area contributed by atoms with Crippen LogP contribution in [-0.4, -0.2) is 18.6 Å². The third-order valence-electron chi connectivity index (χ3n) is 3.95. The zero-order valence-electron chi connectivity index (χ0n) is 14.4. The molecule has 124 valence electrons. The molecule has 1 aromatic carbocycles. The Kier molecular flexibility index (Phi) is 6.65. The van der Waals surface area contributed by atoms with Crippen molar-refractivity contribution in [2.75, 3.05) is 13.7 Å². The zero-order chi connectivity index (χ0) is 16.9. The molecule has 0 saturated carbocycles. The number of nitrogens with zero attached hydrogens (tertiary/aromatic N) is 1. The first-order valence-corrected chi connectivity index (χ1v) is 7.77. The molecule has 0 spiro atoms. The van der Waals surface area contributed by atoms with Gasteiger partial charge in [0.2, 0.25) is 0 Å². The van der Waals surface area contributed by atoms with Crippen molar-refractivity contribution < 1.29 is 14.4 Å². The fraction of sp³-hybridized carbons (Fsp3) is 0.647. The molecule has 0 amide bonds. The molecule has 0 heterocycles. The molecule has 0 N–H and O–H groups in total. The maximum absolute atomic E-state index is 11.4. The third-order valence-corrected chi connectivity index (χ3v) is 3.95. The summed E-state index contributed by atoms with van der Waals surface area (Å²) in [4.78, 5) is 11.0. The second-order valence-corrected chi connectivity index (χ2v) is 6.38. The van der Waals surface area contributed by atoms with Gasteiger partial charge in [-0.3, -0.25) is 10.1 Å². The van der Waals surface area contributed by atoms with Crippen molar-refractivity contribution in [3.63, 3.8) is 0 Å². The molecule has 0 saturated heterocycles. The number of rotatable bonds is 8. The summed E-state index contributed by atoms with van der Waals surface area (Å²) in [6.45, 7) is 10.8. The molecule has 1 rings (SSSR count). The summed E-state index contributed by atoms with van der Waals surface area (Å²) < 4.78 is 11.1. The number of nitro benzene ring substituents is 1. The predicted molar refractivity (Wildman–Crippen MR) is 87.9 cm³/mol. The van der Waals surface area contributed by atoms with Crippen LogP contribution in [0.4, 0.5) is 5.69 Å². The van der Waals surface area contributed by atoms with E-state index in [1.807, 2.05) is 20.8 Å². The van der Waals surface area contributed by atoms with Gasteiger partial charge in [0.05, 0.1) is 24.7 Å². The Bertz CT molecular complexity index is 512. The van der Waals surface area contributed by atoms with Crippen LogP contribution in [0.15, 0.2) is 12.1 Å². The second kappa shape index (κ2) is 8.01. The molecule has 22 heavy (non-hydrogen) atoms. The van der Waals surface area contributed by atoms with Crippen molar-refractivity contribution in [2.24, 2.45) is 11.8 Å². The van der Waals surface area contributed by atoms with Crippen LogP contribution in [0, 0.1) is 22.0 Å². The van der Waals surface area contributed by atoms with Crippen LogP contribution >= 0.6 is 0 Å². The first-order valence-electron chi connectivity index (χ1n) is 7.77.